The molecule has 12 nitrogen and oxygen atoms in total. The van der Waals surface area contributed by atoms with Crippen molar-refractivity contribution in [3.63, 3.8) is 0 Å². The Morgan fingerprint density at radius 3 is 1.19 bits per heavy atom. The fourth-order valence-corrected chi connectivity index (χ4v) is 9.70. The van der Waals surface area contributed by atoms with E-state index in [1.165, 1.54) is 186 Å². The number of rotatable bonds is 45. The molecule has 1 aliphatic carbocycles. The summed E-state index contributed by atoms with van der Waals surface area (Å²) >= 11 is 0. The van der Waals surface area contributed by atoms with Crippen LogP contribution >= 0.6 is 7.82 Å². The zero-order chi connectivity index (χ0) is 47.1. The van der Waals surface area contributed by atoms with E-state index in [2.05, 4.69) is 19.2 Å². The average molecular weight is 934 g/mol. The highest BCUT2D eigenvalue weighted by Crippen LogP contribution is 2.47. The Labute approximate surface area is 390 Å². The topological polar surface area (TPSA) is 206 Å². The molecular weight excluding hydrogens is 834 g/mol. The molecule has 9 atom stereocenters. The molecule has 0 aliphatic heterocycles. The minimum absolute atomic E-state index is 0.219. The highest BCUT2D eigenvalue weighted by Gasteiger charge is 2.51. The highest BCUT2D eigenvalue weighted by molar-refractivity contribution is 7.47. The Morgan fingerprint density at radius 2 is 0.828 bits per heavy atom. The van der Waals surface area contributed by atoms with E-state index in [9.17, 15) is 44.9 Å². The molecule has 64 heavy (non-hydrogen) atoms. The summed E-state index contributed by atoms with van der Waals surface area (Å²) in [7, 11) is -5.08. The van der Waals surface area contributed by atoms with Gasteiger partial charge in [0.05, 0.1) is 18.8 Å². The van der Waals surface area contributed by atoms with Crippen LogP contribution in [0.1, 0.15) is 251 Å². The molecule has 8 N–H and O–H groups in total. The molecule has 0 radical (unpaired) electrons. The van der Waals surface area contributed by atoms with E-state index in [0.29, 0.717) is 6.42 Å². The van der Waals surface area contributed by atoms with E-state index in [0.717, 1.165) is 44.9 Å². The van der Waals surface area contributed by atoms with Crippen molar-refractivity contribution in [2.75, 3.05) is 6.61 Å². The molecule has 1 fully saturated rings. The van der Waals surface area contributed by atoms with Crippen LogP contribution in [0.4, 0.5) is 0 Å². The molecule has 0 saturated heterocycles. The van der Waals surface area contributed by atoms with Gasteiger partial charge in [-0.15, -0.1) is 0 Å². The molecule has 0 aromatic rings. The normalized spacial score (nSPS) is 22.2. The number of amides is 1. The van der Waals surface area contributed by atoms with Gasteiger partial charge < -0.3 is 40.8 Å². The van der Waals surface area contributed by atoms with E-state index < -0.39 is 63.2 Å². The third kappa shape index (κ3) is 31.9. The van der Waals surface area contributed by atoms with E-state index in [4.69, 9.17) is 9.05 Å². The monoisotopic (exact) mass is 934 g/mol. The molecule has 0 aromatic heterocycles. The van der Waals surface area contributed by atoms with Gasteiger partial charge in [-0.3, -0.25) is 13.8 Å². The molecule has 380 valence electrons. The summed E-state index contributed by atoms with van der Waals surface area (Å²) in [4.78, 5) is 23.4. The van der Waals surface area contributed by atoms with Crippen molar-refractivity contribution in [1.82, 2.24) is 5.32 Å². The van der Waals surface area contributed by atoms with E-state index >= 15 is 0 Å². The van der Waals surface area contributed by atoms with Gasteiger partial charge in [0.25, 0.3) is 0 Å². The largest absolute Gasteiger partial charge is 0.472 e. The van der Waals surface area contributed by atoms with Crippen molar-refractivity contribution in [2.24, 2.45) is 0 Å². The summed E-state index contributed by atoms with van der Waals surface area (Å²) in [6, 6.07) is -1.11. The van der Waals surface area contributed by atoms with Crippen LogP contribution in [0.15, 0.2) is 12.2 Å². The lowest BCUT2D eigenvalue weighted by Crippen LogP contribution is -2.64. The molecule has 0 aromatic carbocycles. The van der Waals surface area contributed by atoms with Crippen LogP contribution in [0.25, 0.3) is 0 Å². The zero-order valence-corrected chi connectivity index (χ0v) is 41.7. The van der Waals surface area contributed by atoms with Gasteiger partial charge >= 0.3 is 7.82 Å². The summed E-state index contributed by atoms with van der Waals surface area (Å²) in [5, 5.41) is 64.0. The maximum absolute atomic E-state index is 13.0. The second-order valence-electron chi connectivity index (χ2n) is 19.1. The smallest absolute Gasteiger partial charge is 0.387 e. The number of aliphatic hydroxyl groups is 6. The number of nitrogens with one attached hydrogen (secondary N) is 1. The first-order valence-electron chi connectivity index (χ1n) is 26.6. The number of hydrogen-bond acceptors (Lipinski definition) is 10. The van der Waals surface area contributed by atoms with Gasteiger partial charge in [0.2, 0.25) is 5.91 Å². The van der Waals surface area contributed by atoms with Gasteiger partial charge in [-0.05, 0) is 19.3 Å². The average Bonchev–Trinajstić information content (AvgIpc) is 3.28. The summed E-state index contributed by atoms with van der Waals surface area (Å²) in [6.45, 7) is 3.85. The van der Waals surface area contributed by atoms with Crippen LogP contribution in [0.2, 0.25) is 0 Å². The lowest BCUT2D eigenvalue weighted by molar-refractivity contribution is -0.220. The first-order chi connectivity index (χ1) is 30.9. The number of unbranched alkanes of at least 4 members (excludes halogenated alkanes) is 34. The van der Waals surface area contributed by atoms with Crippen molar-refractivity contribution in [1.29, 1.82) is 0 Å². The Kier molecular flexibility index (Phi) is 39.2. The maximum Gasteiger partial charge on any atom is 0.472 e. The fraction of sp³-hybridized carbons (Fsp3) is 0.941. The number of carbonyl (C=O) groups excluding carboxylic acids is 1. The minimum atomic E-state index is -5.08. The quantitative estimate of drug-likeness (QED) is 0.0164. The standard InChI is InChI=1S/C51H100NO11P/c1-3-5-7-9-11-13-15-16-17-18-19-20-21-22-23-24-25-26-27-28-29-31-33-35-37-39-41-45(54)52-43(44(53)40-38-36-34-32-30-14-12-10-8-6-4-2)42-62-64(60,61)63-51-49(58)47(56)46(55)48(57)50(51)59/h38,40,43-44,46-51,53,55-59H,3-37,39,41-42H2,1-2H3,(H,52,54)(H,60,61)/b40-38+/t43-,44+,46?,47+,48?,49?,50?,51?/m0/s1. The maximum atomic E-state index is 13.0. The molecule has 1 aliphatic rings. The van der Waals surface area contributed by atoms with Gasteiger partial charge in [0, 0.05) is 6.42 Å². The van der Waals surface area contributed by atoms with Crippen LogP contribution in [-0.4, -0.2) is 96.8 Å². The number of phosphoric ester groups is 1. The molecule has 1 saturated carbocycles. The zero-order valence-electron chi connectivity index (χ0n) is 40.9. The number of phosphoric acid groups is 1. The van der Waals surface area contributed by atoms with Crippen LogP contribution in [0.5, 0.6) is 0 Å². The SMILES string of the molecule is CCCCCCCCCCC/C=C/[C@@H](O)[C@H](COP(=O)(O)OC1C(O)C(O)C(O)[C@@H](O)C1O)NC(=O)CCCCCCCCCCCCCCCCCCCCCCCCCCCC. The molecule has 1 rings (SSSR count). The number of allylic oxidation sites excluding steroid dienone is 1. The first kappa shape index (κ1) is 61.1. The molecular formula is C51H100NO11P. The van der Waals surface area contributed by atoms with Crippen molar-refractivity contribution >= 4 is 13.7 Å². The van der Waals surface area contributed by atoms with Gasteiger partial charge in [-0.1, -0.05) is 238 Å². The highest BCUT2D eigenvalue weighted by atomic mass is 31.2. The predicted octanol–water partition coefficient (Wildman–Crippen LogP) is 11.2. The Bertz CT molecular complexity index is 1130. The second kappa shape index (κ2) is 41.1. The summed E-state index contributed by atoms with van der Waals surface area (Å²) < 4.78 is 22.9. The van der Waals surface area contributed by atoms with E-state index in [-0.39, 0.29) is 12.3 Å². The van der Waals surface area contributed by atoms with Gasteiger partial charge in [-0.2, -0.15) is 0 Å². The third-order valence-corrected chi connectivity index (χ3v) is 14.1. The summed E-state index contributed by atoms with van der Waals surface area (Å²) in [5.74, 6) is -0.337. The van der Waals surface area contributed by atoms with Crippen LogP contribution in [-0.2, 0) is 18.4 Å². The molecule has 0 heterocycles. The Balaban J connectivity index is 2.29. The van der Waals surface area contributed by atoms with Crippen molar-refractivity contribution in [3.05, 3.63) is 12.2 Å². The summed E-state index contributed by atoms with van der Waals surface area (Å²) in [6.07, 6.45) is 35.9. The van der Waals surface area contributed by atoms with Gasteiger partial charge in [0.15, 0.2) is 0 Å². The minimum Gasteiger partial charge on any atom is -0.387 e. The predicted molar refractivity (Wildman–Crippen MR) is 260 cm³/mol. The van der Waals surface area contributed by atoms with Crippen LogP contribution in [0.3, 0.4) is 0 Å². The Hall–Kier alpha value is -0.920. The summed E-state index contributed by atoms with van der Waals surface area (Å²) in [5.41, 5.74) is 0. The van der Waals surface area contributed by atoms with Gasteiger partial charge in [0.1, 0.15) is 36.6 Å². The molecule has 13 heteroatoms. The van der Waals surface area contributed by atoms with Gasteiger partial charge in [-0.25, -0.2) is 4.57 Å². The molecule has 6 unspecified atom stereocenters. The Morgan fingerprint density at radius 1 is 0.516 bits per heavy atom. The third-order valence-electron chi connectivity index (χ3n) is 13.1. The van der Waals surface area contributed by atoms with Crippen molar-refractivity contribution < 1.29 is 53.9 Å². The fourth-order valence-electron chi connectivity index (χ4n) is 8.73. The number of hydrogen-bond donors (Lipinski definition) is 8. The first-order valence-corrected chi connectivity index (χ1v) is 28.1. The number of aliphatic hydroxyl groups excluding tert-OH is 6. The van der Waals surface area contributed by atoms with Crippen LogP contribution in [0, 0.1) is 0 Å². The second-order valence-corrected chi connectivity index (χ2v) is 20.5. The molecule has 1 amide bonds. The lowest BCUT2D eigenvalue weighted by Gasteiger charge is -2.41. The van der Waals surface area contributed by atoms with Crippen LogP contribution < -0.4 is 5.32 Å². The van der Waals surface area contributed by atoms with Crippen molar-refractivity contribution in [3.8, 4) is 0 Å². The van der Waals surface area contributed by atoms with E-state index in [1.54, 1.807) is 0 Å². The lowest BCUT2D eigenvalue weighted by atomic mass is 9.85. The molecule has 0 bridgehead atoms. The van der Waals surface area contributed by atoms with E-state index in [1.807, 2.05) is 6.08 Å². The number of carbonyl (C=O) groups is 1. The van der Waals surface area contributed by atoms with Crippen molar-refractivity contribution in [2.45, 2.75) is 300 Å². The molecule has 0 spiro atoms.